The molecule has 0 aliphatic heterocycles. The fourth-order valence-corrected chi connectivity index (χ4v) is 2.34. The Hall–Kier alpha value is -1.88. The zero-order valence-electron chi connectivity index (χ0n) is 9.42. The SMILES string of the molecule is Cc1ccn2c(NCc3cccs3)nnc2c1. The lowest BCUT2D eigenvalue weighted by Gasteiger charge is -2.02. The van der Waals surface area contributed by atoms with Gasteiger partial charge in [-0.05, 0) is 36.1 Å². The molecule has 0 unspecified atom stereocenters. The van der Waals surface area contributed by atoms with Crippen LogP contribution in [0.15, 0.2) is 35.8 Å². The standard InChI is InChI=1S/C12H12N4S/c1-9-4-5-16-11(7-9)14-15-12(16)13-8-10-3-2-6-17-10/h2-7H,8H2,1H3,(H,13,15). The predicted octanol–water partition coefficient (Wildman–Crippen LogP) is 2.71. The number of fused-ring (bicyclic) bond motifs is 1. The minimum absolute atomic E-state index is 0.784. The number of rotatable bonds is 3. The Bertz CT molecular complexity index is 627. The molecule has 4 nitrogen and oxygen atoms in total. The van der Waals surface area contributed by atoms with Crippen LogP contribution in [0.4, 0.5) is 5.95 Å². The summed E-state index contributed by atoms with van der Waals surface area (Å²) in [6.45, 7) is 2.83. The molecule has 3 aromatic rings. The number of nitrogens with zero attached hydrogens (tertiary/aromatic N) is 3. The van der Waals surface area contributed by atoms with Crippen molar-refractivity contribution < 1.29 is 0 Å². The first kappa shape index (κ1) is 10.3. The monoisotopic (exact) mass is 244 g/mol. The maximum absolute atomic E-state index is 4.14. The molecule has 0 aliphatic carbocycles. The number of hydrogen-bond donors (Lipinski definition) is 1. The van der Waals surface area contributed by atoms with Gasteiger partial charge in [-0.2, -0.15) is 0 Å². The molecule has 1 N–H and O–H groups in total. The fourth-order valence-electron chi connectivity index (χ4n) is 1.69. The van der Waals surface area contributed by atoms with Gasteiger partial charge < -0.3 is 5.32 Å². The number of nitrogens with one attached hydrogen (secondary N) is 1. The Kier molecular flexibility index (Phi) is 2.53. The van der Waals surface area contributed by atoms with Gasteiger partial charge >= 0.3 is 0 Å². The van der Waals surface area contributed by atoms with Gasteiger partial charge in [-0.25, -0.2) is 0 Å². The van der Waals surface area contributed by atoms with Gasteiger partial charge in [0, 0.05) is 11.1 Å². The molecule has 3 rings (SSSR count). The van der Waals surface area contributed by atoms with Crippen LogP contribution >= 0.6 is 11.3 Å². The highest BCUT2D eigenvalue weighted by Crippen LogP contribution is 2.13. The van der Waals surface area contributed by atoms with Crippen molar-refractivity contribution in [2.24, 2.45) is 0 Å². The minimum Gasteiger partial charge on any atom is -0.349 e. The largest absolute Gasteiger partial charge is 0.349 e. The number of aryl methyl sites for hydroxylation is 1. The van der Waals surface area contributed by atoms with Crippen molar-refractivity contribution >= 4 is 22.9 Å². The third-order valence-corrected chi connectivity index (χ3v) is 3.44. The lowest BCUT2D eigenvalue weighted by molar-refractivity contribution is 1.04. The van der Waals surface area contributed by atoms with Crippen LogP contribution < -0.4 is 5.32 Å². The first-order valence-corrected chi connectivity index (χ1v) is 6.28. The minimum atomic E-state index is 0.784. The Morgan fingerprint density at radius 1 is 1.35 bits per heavy atom. The summed E-state index contributed by atoms with van der Waals surface area (Å²) in [6.07, 6.45) is 1.99. The second kappa shape index (κ2) is 4.18. The van der Waals surface area contributed by atoms with E-state index >= 15 is 0 Å². The van der Waals surface area contributed by atoms with E-state index < -0.39 is 0 Å². The molecule has 0 aliphatic rings. The average molecular weight is 244 g/mol. The Balaban J connectivity index is 1.86. The number of thiophene rings is 1. The quantitative estimate of drug-likeness (QED) is 0.770. The van der Waals surface area contributed by atoms with Crippen LogP contribution in [0.25, 0.3) is 5.65 Å². The first-order valence-electron chi connectivity index (χ1n) is 5.40. The van der Waals surface area contributed by atoms with Crippen molar-refractivity contribution in [1.29, 1.82) is 0 Å². The van der Waals surface area contributed by atoms with Crippen LogP contribution in [0.1, 0.15) is 10.4 Å². The molecule has 3 heterocycles. The van der Waals surface area contributed by atoms with Crippen molar-refractivity contribution in [3.8, 4) is 0 Å². The summed E-state index contributed by atoms with van der Waals surface area (Å²) in [6, 6.07) is 8.22. The molecule has 0 fully saturated rings. The molecule has 17 heavy (non-hydrogen) atoms. The molecule has 0 amide bonds. The van der Waals surface area contributed by atoms with Crippen molar-refractivity contribution in [2.75, 3.05) is 5.32 Å². The van der Waals surface area contributed by atoms with E-state index in [0.717, 1.165) is 18.1 Å². The van der Waals surface area contributed by atoms with Crippen LogP contribution in [0.2, 0.25) is 0 Å². The summed E-state index contributed by atoms with van der Waals surface area (Å²) >= 11 is 1.73. The topological polar surface area (TPSA) is 42.2 Å². The smallest absolute Gasteiger partial charge is 0.229 e. The van der Waals surface area contributed by atoms with Crippen LogP contribution in [0.3, 0.4) is 0 Å². The Morgan fingerprint density at radius 2 is 2.29 bits per heavy atom. The van der Waals surface area contributed by atoms with Gasteiger partial charge in [-0.3, -0.25) is 4.40 Å². The molecule has 0 radical (unpaired) electrons. The molecule has 0 saturated heterocycles. The van der Waals surface area contributed by atoms with Crippen molar-refractivity contribution in [2.45, 2.75) is 13.5 Å². The molecule has 5 heteroatoms. The maximum Gasteiger partial charge on any atom is 0.229 e. The maximum atomic E-state index is 4.14. The van der Waals surface area contributed by atoms with E-state index in [2.05, 4.69) is 27.0 Å². The van der Waals surface area contributed by atoms with E-state index in [1.165, 1.54) is 10.4 Å². The summed E-state index contributed by atoms with van der Waals surface area (Å²) in [4.78, 5) is 1.29. The summed E-state index contributed by atoms with van der Waals surface area (Å²) in [5.41, 5.74) is 2.06. The molecule has 0 bridgehead atoms. The Morgan fingerprint density at radius 3 is 3.12 bits per heavy atom. The molecule has 86 valence electrons. The third kappa shape index (κ3) is 2.01. The highest BCUT2D eigenvalue weighted by molar-refractivity contribution is 7.09. The number of anilines is 1. The number of pyridine rings is 1. The number of aromatic nitrogens is 3. The van der Waals surface area contributed by atoms with Crippen LogP contribution in [-0.2, 0) is 6.54 Å². The van der Waals surface area contributed by atoms with Gasteiger partial charge in [0.05, 0.1) is 6.54 Å². The van der Waals surface area contributed by atoms with E-state index in [4.69, 9.17) is 0 Å². The van der Waals surface area contributed by atoms with Gasteiger partial charge in [0.1, 0.15) is 0 Å². The number of hydrogen-bond acceptors (Lipinski definition) is 4. The van der Waals surface area contributed by atoms with Gasteiger partial charge in [-0.1, -0.05) is 6.07 Å². The second-order valence-electron chi connectivity index (χ2n) is 3.89. The Labute approximate surface area is 103 Å². The highest BCUT2D eigenvalue weighted by atomic mass is 32.1. The van der Waals surface area contributed by atoms with Gasteiger partial charge in [0.15, 0.2) is 5.65 Å². The van der Waals surface area contributed by atoms with Gasteiger partial charge in [0.25, 0.3) is 0 Å². The van der Waals surface area contributed by atoms with E-state index in [0.29, 0.717) is 0 Å². The van der Waals surface area contributed by atoms with Gasteiger partial charge in [-0.15, -0.1) is 21.5 Å². The van der Waals surface area contributed by atoms with E-state index in [-0.39, 0.29) is 0 Å². The molecule has 0 spiro atoms. The van der Waals surface area contributed by atoms with Gasteiger partial charge in [0.2, 0.25) is 5.95 Å². The molecule has 0 atom stereocenters. The fraction of sp³-hybridized carbons (Fsp3) is 0.167. The first-order chi connectivity index (χ1) is 8.33. The highest BCUT2D eigenvalue weighted by Gasteiger charge is 2.04. The summed E-state index contributed by atoms with van der Waals surface area (Å²) in [7, 11) is 0. The van der Waals surface area contributed by atoms with Crippen LogP contribution in [-0.4, -0.2) is 14.6 Å². The lowest BCUT2D eigenvalue weighted by atomic mass is 10.3. The lowest BCUT2D eigenvalue weighted by Crippen LogP contribution is -2.01. The average Bonchev–Trinajstić information content (AvgIpc) is 2.94. The van der Waals surface area contributed by atoms with Crippen molar-refractivity contribution in [3.05, 3.63) is 46.3 Å². The van der Waals surface area contributed by atoms with E-state index in [1.807, 2.05) is 35.7 Å². The normalized spacial score (nSPS) is 10.9. The second-order valence-corrected chi connectivity index (χ2v) is 4.92. The predicted molar refractivity (Wildman–Crippen MR) is 69.4 cm³/mol. The molecule has 3 aromatic heterocycles. The van der Waals surface area contributed by atoms with E-state index in [9.17, 15) is 0 Å². The molecule has 0 saturated carbocycles. The third-order valence-electron chi connectivity index (χ3n) is 2.57. The molecule has 0 aromatic carbocycles. The zero-order chi connectivity index (χ0) is 11.7. The van der Waals surface area contributed by atoms with Crippen LogP contribution in [0.5, 0.6) is 0 Å². The zero-order valence-corrected chi connectivity index (χ0v) is 10.2. The summed E-state index contributed by atoms with van der Waals surface area (Å²) in [5, 5.41) is 13.6. The summed E-state index contributed by atoms with van der Waals surface area (Å²) in [5.74, 6) is 0.786. The summed E-state index contributed by atoms with van der Waals surface area (Å²) < 4.78 is 1.96. The van der Waals surface area contributed by atoms with Crippen LogP contribution in [0, 0.1) is 6.92 Å². The van der Waals surface area contributed by atoms with Crippen molar-refractivity contribution in [1.82, 2.24) is 14.6 Å². The molecular weight excluding hydrogens is 232 g/mol. The van der Waals surface area contributed by atoms with E-state index in [1.54, 1.807) is 11.3 Å². The molecular formula is C12H12N4S. The van der Waals surface area contributed by atoms with Crippen molar-refractivity contribution in [3.63, 3.8) is 0 Å².